The fourth-order valence-electron chi connectivity index (χ4n) is 4.95. The number of halogens is 1. The molecule has 0 saturated carbocycles. The van der Waals surface area contributed by atoms with E-state index in [2.05, 4.69) is 10.6 Å². The number of carbonyl (C=O) groups is 2. The van der Waals surface area contributed by atoms with Gasteiger partial charge in [-0.3, -0.25) is 9.59 Å². The molecule has 1 saturated heterocycles. The maximum Gasteiger partial charge on any atom is 0.355 e. The molecule has 2 heterocycles. The number of carbonyl (C=O) groups excluding carboxylic acids is 2. The Hall–Kier alpha value is -3.94. The molecular formula is C30H28ClN3O4. The summed E-state index contributed by atoms with van der Waals surface area (Å²) in [5.74, 6) is -0.770. The van der Waals surface area contributed by atoms with E-state index in [0.29, 0.717) is 45.3 Å². The molecule has 0 radical (unpaired) electrons. The van der Waals surface area contributed by atoms with E-state index in [0.717, 1.165) is 24.9 Å². The SMILES string of the molecule is COC(=O)c1c(Cc2ccc(C(=O)NC[C@@H]3CCCN3)cc2)c(=O)c2ccc(Cl)cc2n1-c1ccccc1. The smallest absolute Gasteiger partial charge is 0.355 e. The van der Waals surface area contributed by atoms with E-state index >= 15 is 0 Å². The van der Waals surface area contributed by atoms with Crippen molar-refractivity contribution in [1.29, 1.82) is 0 Å². The number of hydrogen-bond acceptors (Lipinski definition) is 5. The number of para-hydroxylation sites is 1. The van der Waals surface area contributed by atoms with Crippen molar-refractivity contribution in [3.05, 3.63) is 110 Å². The molecule has 3 aromatic carbocycles. The van der Waals surface area contributed by atoms with Crippen molar-refractivity contribution in [2.45, 2.75) is 25.3 Å². The number of nitrogens with zero attached hydrogens (tertiary/aromatic N) is 1. The van der Waals surface area contributed by atoms with Gasteiger partial charge in [0, 0.05) is 46.2 Å². The third-order valence-corrected chi connectivity index (χ3v) is 7.13. The Morgan fingerprint density at radius 3 is 2.53 bits per heavy atom. The van der Waals surface area contributed by atoms with Gasteiger partial charge >= 0.3 is 5.97 Å². The summed E-state index contributed by atoms with van der Waals surface area (Å²) in [6.45, 7) is 1.57. The number of ether oxygens (including phenoxy) is 1. The molecule has 2 N–H and O–H groups in total. The van der Waals surface area contributed by atoms with Crippen molar-refractivity contribution < 1.29 is 14.3 Å². The highest BCUT2D eigenvalue weighted by Crippen LogP contribution is 2.26. The Morgan fingerprint density at radius 2 is 1.84 bits per heavy atom. The highest BCUT2D eigenvalue weighted by Gasteiger charge is 2.24. The first-order valence-electron chi connectivity index (χ1n) is 12.6. The fraction of sp³-hybridized carbons (Fsp3) is 0.233. The average Bonchev–Trinajstić information content (AvgIpc) is 3.47. The van der Waals surface area contributed by atoms with Crippen LogP contribution in [0.25, 0.3) is 16.6 Å². The molecule has 0 aliphatic carbocycles. The van der Waals surface area contributed by atoms with E-state index in [4.69, 9.17) is 16.3 Å². The zero-order valence-electron chi connectivity index (χ0n) is 21.0. The van der Waals surface area contributed by atoms with E-state index < -0.39 is 5.97 Å². The van der Waals surface area contributed by atoms with Crippen LogP contribution in [0.3, 0.4) is 0 Å². The van der Waals surface area contributed by atoms with Crippen LogP contribution in [0.4, 0.5) is 0 Å². The number of fused-ring (bicyclic) bond motifs is 1. The van der Waals surface area contributed by atoms with Gasteiger partial charge in [-0.15, -0.1) is 0 Å². The minimum absolute atomic E-state index is 0.143. The summed E-state index contributed by atoms with van der Waals surface area (Å²) in [6, 6.07) is 21.7. The summed E-state index contributed by atoms with van der Waals surface area (Å²) in [5.41, 5.74) is 2.72. The minimum atomic E-state index is -0.626. The van der Waals surface area contributed by atoms with Crippen LogP contribution in [0.2, 0.25) is 5.02 Å². The van der Waals surface area contributed by atoms with Crippen LogP contribution < -0.4 is 16.1 Å². The van der Waals surface area contributed by atoms with E-state index in [-0.39, 0.29) is 23.5 Å². The van der Waals surface area contributed by atoms with Crippen LogP contribution in [0.15, 0.2) is 77.6 Å². The molecule has 194 valence electrons. The molecule has 1 atom stereocenters. The number of esters is 1. The summed E-state index contributed by atoms with van der Waals surface area (Å²) in [4.78, 5) is 39.5. The van der Waals surface area contributed by atoms with Gasteiger partial charge in [-0.2, -0.15) is 0 Å². The Bertz CT molecular complexity index is 1540. The third kappa shape index (κ3) is 5.21. The summed E-state index contributed by atoms with van der Waals surface area (Å²) in [6.07, 6.45) is 2.36. The zero-order chi connectivity index (χ0) is 26.6. The molecule has 4 aromatic rings. The standard InChI is InChI=1S/C30H28ClN3O4/c1-38-30(37)27-25(16-19-9-11-20(12-10-19)29(36)33-18-22-6-5-15-32-22)28(35)24-14-13-21(31)17-26(24)34(27)23-7-3-2-4-8-23/h2-4,7-14,17,22,32H,5-6,15-16,18H2,1H3,(H,33,36)/t22-/m0/s1. The lowest BCUT2D eigenvalue weighted by Gasteiger charge is -2.19. The molecule has 1 aliphatic rings. The number of methoxy groups -OCH3 is 1. The minimum Gasteiger partial charge on any atom is -0.464 e. The third-order valence-electron chi connectivity index (χ3n) is 6.89. The van der Waals surface area contributed by atoms with E-state index in [1.54, 1.807) is 34.9 Å². The van der Waals surface area contributed by atoms with Crippen molar-refractivity contribution in [1.82, 2.24) is 15.2 Å². The fourth-order valence-corrected chi connectivity index (χ4v) is 5.12. The van der Waals surface area contributed by atoms with Gasteiger partial charge in [0.2, 0.25) is 0 Å². The molecule has 5 rings (SSSR count). The van der Waals surface area contributed by atoms with E-state index in [1.807, 2.05) is 42.5 Å². The van der Waals surface area contributed by atoms with E-state index in [1.165, 1.54) is 7.11 Å². The van der Waals surface area contributed by atoms with Gasteiger partial charge in [0.05, 0.1) is 12.6 Å². The molecule has 0 unspecified atom stereocenters. The lowest BCUT2D eigenvalue weighted by atomic mass is 9.98. The molecule has 8 heteroatoms. The van der Waals surface area contributed by atoms with Gasteiger partial charge in [-0.25, -0.2) is 4.79 Å². The number of amides is 1. The Kier molecular flexibility index (Phi) is 7.58. The first kappa shape index (κ1) is 25.7. The van der Waals surface area contributed by atoms with Crippen molar-refractivity contribution in [2.75, 3.05) is 20.2 Å². The van der Waals surface area contributed by atoms with Gasteiger partial charge in [0.1, 0.15) is 5.69 Å². The Morgan fingerprint density at radius 1 is 1.08 bits per heavy atom. The number of rotatable bonds is 7. The van der Waals surface area contributed by atoms with Crippen LogP contribution in [0, 0.1) is 0 Å². The second kappa shape index (κ2) is 11.2. The summed E-state index contributed by atoms with van der Waals surface area (Å²) in [5, 5.41) is 7.23. The highest BCUT2D eigenvalue weighted by molar-refractivity contribution is 6.31. The van der Waals surface area contributed by atoms with Crippen molar-refractivity contribution in [3.8, 4) is 5.69 Å². The molecule has 1 fully saturated rings. The molecule has 0 spiro atoms. The Balaban J connectivity index is 1.54. The average molecular weight is 530 g/mol. The maximum absolute atomic E-state index is 13.7. The van der Waals surface area contributed by atoms with Crippen molar-refractivity contribution >= 4 is 34.4 Å². The highest BCUT2D eigenvalue weighted by atomic mass is 35.5. The number of benzene rings is 3. The molecule has 0 bridgehead atoms. The van der Waals surface area contributed by atoms with Crippen LogP contribution in [0.1, 0.15) is 44.8 Å². The quantitative estimate of drug-likeness (QED) is 0.344. The number of aromatic nitrogens is 1. The normalized spacial score (nSPS) is 14.9. The second-order valence-electron chi connectivity index (χ2n) is 9.36. The van der Waals surface area contributed by atoms with Crippen LogP contribution in [-0.2, 0) is 11.2 Å². The zero-order valence-corrected chi connectivity index (χ0v) is 21.8. The van der Waals surface area contributed by atoms with Crippen LogP contribution in [0.5, 0.6) is 0 Å². The predicted molar refractivity (Wildman–Crippen MR) is 149 cm³/mol. The van der Waals surface area contributed by atoms with Crippen LogP contribution >= 0.6 is 11.6 Å². The summed E-state index contributed by atoms with van der Waals surface area (Å²) < 4.78 is 6.87. The van der Waals surface area contributed by atoms with Crippen molar-refractivity contribution in [3.63, 3.8) is 0 Å². The molecular weight excluding hydrogens is 502 g/mol. The van der Waals surface area contributed by atoms with Gasteiger partial charge in [-0.05, 0) is 67.4 Å². The topological polar surface area (TPSA) is 89.4 Å². The molecule has 1 aliphatic heterocycles. The lowest BCUT2D eigenvalue weighted by Crippen LogP contribution is -2.37. The molecule has 1 amide bonds. The molecule has 1 aromatic heterocycles. The van der Waals surface area contributed by atoms with Gasteiger partial charge in [0.15, 0.2) is 5.43 Å². The first-order valence-corrected chi connectivity index (χ1v) is 13.0. The predicted octanol–water partition coefficient (Wildman–Crippen LogP) is 4.50. The molecule has 38 heavy (non-hydrogen) atoms. The van der Waals surface area contributed by atoms with Gasteiger partial charge < -0.3 is 19.9 Å². The summed E-state index contributed by atoms with van der Waals surface area (Å²) in [7, 11) is 1.29. The monoisotopic (exact) mass is 529 g/mol. The largest absolute Gasteiger partial charge is 0.464 e. The Labute approximate surface area is 225 Å². The summed E-state index contributed by atoms with van der Waals surface area (Å²) >= 11 is 6.30. The molecule has 7 nitrogen and oxygen atoms in total. The number of pyridine rings is 1. The van der Waals surface area contributed by atoms with Gasteiger partial charge in [0.25, 0.3) is 5.91 Å². The lowest BCUT2D eigenvalue weighted by molar-refractivity contribution is 0.0589. The second-order valence-corrected chi connectivity index (χ2v) is 9.79. The number of nitrogens with one attached hydrogen (secondary N) is 2. The number of hydrogen-bond donors (Lipinski definition) is 2. The van der Waals surface area contributed by atoms with Gasteiger partial charge in [-0.1, -0.05) is 41.9 Å². The van der Waals surface area contributed by atoms with Crippen molar-refractivity contribution in [2.24, 2.45) is 0 Å². The van der Waals surface area contributed by atoms with Crippen LogP contribution in [-0.4, -0.2) is 42.7 Å². The first-order chi connectivity index (χ1) is 18.5. The van der Waals surface area contributed by atoms with E-state index in [9.17, 15) is 14.4 Å². The maximum atomic E-state index is 13.7.